The number of nitrogens with one attached hydrogen (secondary N) is 1. The van der Waals surface area contributed by atoms with E-state index in [0.29, 0.717) is 0 Å². The van der Waals surface area contributed by atoms with Crippen LogP contribution in [0.15, 0.2) is 4.99 Å². The van der Waals surface area contributed by atoms with Crippen molar-refractivity contribution in [1.29, 1.82) is 0 Å². The van der Waals surface area contributed by atoms with Crippen LogP contribution >= 0.6 is 0 Å². The van der Waals surface area contributed by atoms with Crippen molar-refractivity contribution in [2.24, 2.45) is 4.99 Å². The average molecular weight is 269 g/mol. The van der Waals surface area contributed by atoms with Crippen LogP contribution in [-0.2, 0) is 0 Å². The molecule has 0 spiro atoms. The number of aliphatic imine (C=N–C) groups is 1. The van der Waals surface area contributed by atoms with Crippen LogP contribution in [0.4, 0.5) is 0 Å². The Balaban J connectivity index is 3.27. The first-order valence-electron chi connectivity index (χ1n) is 8.11. The Morgan fingerprint density at radius 1 is 0.895 bits per heavy atom. The van der Waals surface area contributed by atoms with Crippen molar-refractivity contribution in [1.82, 2.24) is 10.2 Å². The van der Waals surface area contributed by atoms with E-state index in [9.17, 15) is 0 Å². The highest BCUT2D eigenvalue weighted by Gasteiger charge is 2.01. The molecule has 0 saturated heterocycles. The maximum absolute atomic E-state index is 4.20. The third kappa shape index (κ3) is 10.8. The molecule has 0 aromatic heterocycles. The zero-order chi connectivity index (χ0) is 14.3. The van der Waals surface area contributed by atoms with Gasteiger partial charge >= 0.3 is 0 Å². The molecular weight excluding hydrogens is 234 g/mol. The molecule has 0 aliphatic carbocycles. The summed E-state index contributed by atoms with van der Waals surface area (Å²) in [5.74, 6) is 0.982. The van der Waals surface area contributed by atoms with Gasteiger partial charge in [-0.25, -0.2) is 0 Å². The van der Waals surface area contributed by atoms with Crippen molar-refractivity contribution < 1.29 is 0 Å². The number of guanidine groups is 1. The molecule has 3 nitrogen and oxygen atoms in total. The Hall–Kier alpha value is -0.730. The van der Waals surface area contributed by atoms with Gasteiger partial charge in [-0.05, 0) is 6.42 Å². The number of hydrogen-bond acceptors (Lipinski definition) is 1. The van der Waals surface area contributed by atoms with E-state index in [1.807, 2.05) is 14.1 Å². The summed E-state index contributed by atoms with van der Waals surface area (Å²) in [5, 5.41) is 3.11. The van der Waals surface area contributed by atoms with Gasteiger partial charge in [0.15, 0.2) is 5.96 Å². The molecule has 0 unspecified atom stereocenters. The minimum absolute atomic E-state index is 0.982. The third-order valence-electron chi connectivity index (χ3n) is 3.64. The van der Waals surface area contributed by atoms with E-state index < -0.39 is 0 Å². The van der Waals surface area contributed by atoms with Gasteiger partial charge in [-0.3, -0.25) is 4.99 Å². The topological polar surface area (TPSA) is 27.6 Å². The summed E-state index contributed by atoms with van der Waals surface area (Å²) in [6.45, 7) is 3.38. The van der Waals surface area contributed by atoms with Crippen LogP contribution in [0.2, 0.25) is 0 Å². The lowest BCUT2D eigenvalue weighted by Gasteiger charge is -2.20. The maximum Gasteiger partial charge on any atom is 0.193 e. The van der Waals surface area contributed by atoms with E-state index in [0.717, 1.165) is 12.5 Å². The van der Waals surface area contributed by atoms with Crippen molar-refractivity contribution in [3.63, 3.8) is 0 Å². The summed E-state index contributed by atoms with van der Waals surface area (Å²) in [6.07, 6.45) is 13.9. The van der Waals surface area contributed by atoms with Crippen LogP contribution in [0.5, 0.6) is 0 Å². The summed E-state index contributed by atoms with van der Waals surface area (Å²) >= 11 is 0. The number of unbranched alkanes of at least 4 members (excludes halogenated alkanes) is 9. The minimum atomic E-state index is 0.982. The highest BCUT2D eigenvalue weighted by Crippen LogP contribution is 2.10. The Kier molecular flexibility index (Phi) is 13.2. The van der Waals surface area contributed by atoms with Gasteiger partial charge in [0.25, 0.3) is 0 Å². The molecule has 114 valence electrons. The van der Waals surface area contributed by atoms with Gasteiger partial charge in [0, 0.05) is 27.7 Å². The minimum Gasteiger partial charge on any atom is -0.359 e. The van der Waals surface area contributed by atoms with Gasteiger partial charge in [-0.1, -0.05) is 64.7 Å². The molecule has 0 aliphatic heterocycles. The van der Waals surface area contributed by atoms with E-state index in [1.54, 1.807) is 0 Å². The summed E-state index contributed by atoms with van der Waals surface area (Å²) in [4.78, 5) is 6.40. The molecule has 0 amide bonds. The van der Waals surface area contributed by atoms with Gasteiger partial charge < -0.3 is 10.2 Å². The molecule has 0 bridgehead atoms. The van der Waals surface area contributed by atoms with Crippen molar-refractivity contribution in [2.75, 3.05) is 27.7 Å². The molecule has 0 heterocycles. The highest BCUT2D eigenvalue weighted by atomic mass is 15.3. The number of hydrogen-bond donors (Lipinski definition) is 1. The predicted molar refractivity (Wildman–Crippen MR) is 86.9 cm³/mol. The lowest BCUT2D eigenvalue weighted by molar-refractivity contribution is 0.452. The third-order valence-corrected chi connectivity index (χ3v) is 3.64. The van der Waals surface area contributed by atoms with E-state index >= 15 is 0 Å². The molecule has 19 heavy (non-hydrogen) atoms. The van der Waals surface area contributed by atoms with Gasteiger partial charge in [0.05, 0.1) is 0 Å². The van der Waals surface area contributed by atoms with Crippen molar-refractivity contribution >= 4 is 5.96 Å². The predicted octanol–water partition coefficient (Wildman–Crippen LogP) is 4.04. The molecule has 0 aliphatic rings. The van der Waals surface area contributed by atoms with Crippen molar-refractivity contribution in [2.45, 2.75) is 71.1 Å². The molecule has 1 N–H and O–H groups in total. The maximum atomic E-state index is 4.20. The fourth-order valence-electron chi connectivity index (χ4n) is 2.42. The van der Waals surface area contributed by atoms with Crippen LogP contribution in [0.25, 0.3) is 0 Å². The Morgan fingerprint density at radius 2 is 1.37 bits per heavy atom. The summed E-state index contributed by atoms with van der Waals surface area (Å²) in [5.41, 5.74) is 0. The lowest BCUT2D eigenvalue weighted by atomic mass is 10.1. The molecule has 0 saturated carbocycles. The SMILES string of the molecule is CCCCCCCCCCCCN(C)C(=NC)NC. The van der Waals surface area contributed by atoms with Crippen LogP contribution < -0.4 is 5.32 Å². The number of nitrogens with zero attached hydrogens (tertiary/aromatic N) is 2. The van der Waals surface area contributed by atoms with E-state index in [2.05, 4.69) is 29.2 Å². The van der Waals surface area contributed by atoms with Crippen LogP contribution in [0, 0.1) is 0 Å². The van der Waals surface area contributed by atoms with Gasteiger partial charge in [-0.2, -0.15) is 0 Å². The summed E-state index contributed by atoms with van der Waals surface area (Å²) < 4.78 is 0. The van der Waals surface area contributed by atoms with Crippen LogP contribution in [-0.4, -0.2) is 38.5 Å². The quantitative estimate of drug-likeness (QED) is 0.348. The fourth-order valence-corrected chi connectivity index (χ4v) is 2.42. The number of rotatable bonds is 11. The average Bonchev–Trinajstić information content (AvgIpc) is 2.42. The largest absolute Gasteiger partial charge is 0.359 e. The fraction of sp³-hybridized carbons (Fsp3) is 0.938. The monoisotopic (exact) mass is 269 g/mol. The second kappa shape index (κ2) is 13.7. The molecule has 0 fully saturated rings. The van der Waals surface area contributed by atoms with E-state index in [1.165, 1.54) is 64.2 Å². The normalized spacial score (nSPS) is 11.7. The van der Waals surface area contributed by atoms with Crippen LogP contribution in [0.3, 0.4) is 0 Å². The molecule has 0 radical (unpaired) electrons. The van der Waals surface area contributed by atoms with E-state index in [-0.39, 0.29) is 0 Å². The molecule has 0 atom stereocenters. The molecular formula is C16H35N3. The van der Waals surface area contributed by atoms with Gasteiger partial charge in [-0.15, -0.1) is 0 Å². The van der Waals surface area contributed by atoms with Gasteiger partial charge in [0.2, 0.25) is 0 Å². The molecule has 0 aromatic carbocycles. The Morgan fingerprint density at radius 3 is 1.79 bits per heavy atom. The first-order chi connectivity index (χ1) is 9.26. The Bertz CT molecular complexity index is 214. The molecule has 0 rings (SSSR count). The molecule has 0 aromatic rings. The van der Waals surface area contributed by atoms with Crippen LogP contribution in [0.1, 0.15) is 71.1 Å². The van der Waals surface area contributed by atoms with E-state index in [4.69, 9.17) is 0 Å². The zero-order valence-electron chi connectivity index (χ0n) is 13.7. The lowest BCUT2D eigenvalue weighted by Crippen LogP contribution is -2.37. The molecule has 3 heteroatoms. The Labute approximate surface area is 120 Å². The summed E-state index contributed by atoms with van der Waals surface area (Å²) in [6, 6.07) is 0. The first kappa shape index (κ1) is 18.3. The highest BCUT2D eigenvalue weighted by molar-refractivity contribution is 5.79. The van der Waals surface area contributed by atoms with Crippen molar-refractivity contribution in [3.8, 4) is 0 Å². The standard InChI is InChI=1S/C16H35N3/c1-5-6-7-8-9-10-11-12-13-14-15-19(4)16(17-2)18-3/h5-15H2,1-4H3,(H,17,18). The first-order valence-corrected chi connectivity index (χ1v) is 8.11. The smallest absolute Gasteiger partial charge is 0.193 e. The summed E-state index contributed by atoms with van der Waals surface area (Å²) in [7, 11) is 5.87. The zero-order valence-corrected chi connectivity index (χ0v) is 13.7. The van der Waals surface area contributed by atoms with Gasteiger partial charge in [0.1, 0.15) is 0 Å². The van der Waals surface area contributed by atoms with Crippen molar-refractivity contribution in [3.05, 3.63) is 0 Å². The second-order valence-electron chi connectivity index (χ2n) is 5.40. The second-order valence-corrected chi connectivity index (χ2v) is 5.40.